The van der Waals surface area contributed by atoms with E-state index in [4.69, 9.17) is 0 Å². The Morgan fingerprint density at radius 1 is 1.35 bits per heavy atom. The van der Waals surface area contributed by atoms with E-state index in [0.717, 1.165) is 31.8 Å². The van der Waals surface area contributed by atoms with Gasteiger partial charge in [-0.3, -0.25) is 4.79 Å². The quantitative estimate of drug-likeness (QED) is 0.615. The topological polar surface area (TPSA) is 64.6 Å². The lowest BCUT2D eigenvalue weighted by atomic mass is 9.99. The Morgan fingerprint density at radius 3 is 2.75 bits per heavy atom. The van der Waals surface area contributed by atoms with Gasteiger partial charge in [0.2, 0.25) is 5.91 Å². The second kappa shape index (κ2) is 7.96. The van der Waals surface area contributed by atoms with Crippen LogP contribution in [0.25, 0.3) is 0 Å². The van der Waals surface area contributed by atoms with Crippen LogP contribution in [0.15, 0.2) is 0 Å². The zero-order valence-electron chi connectivity index (χ0n) is 12.6. The Morgan fingerprint density at radius 2 is 2.10 bits per heavy atom. The lowest BCUT2D eigenvalue weighted by molar-refractivity contribution is -0.122. The summed E-state index contributed by atoms with van der Waals surface area (Å²) in [6.07, 6.45) is 5.01. The number of amides is 1. The molecule has 2 saturated heterocycles. The SMILES string of the molecule is CC1CCN(CCCCNC(=O)C2CC(O)CN2)CC1. The lowest BCUT2D eigenvalue weighted by Crippen LogP contribution is -2.41. The highest BCUT2D eigenvalue weighted by molar-refractivity contribution is 5.82. The van der Waals surface area contributed by atoms with Crippen LogP contribution in [0.2, 0.25) is 0 Å². The Balaban J connectivity index is 1.48. The number of β-amino-alcohol motifs (C(OH)–C–C–N with tert-alkyl or cyclic N) is 1. The molecule has 20 heavy (non-hydrogen) atoms. The molecule has 0 bridgehead atoms. The highest BCUT2D eigenvalue weighted by atomic mass is 16.3. The predicted molar refractivity (Wildman–Crippen MR) is 79.5 cm³/mol. The smallest absolute Gasteiger partial charge is 0.237 e. The van der Waals surface area contributed by atoms with Crippen molar-refractivity contribution in [2.75, 3.05) is 32.7 Å². The standard InChI is InChI=1S/C15H29N3O2/c1-12-4-8-18(9-5-12)7-3-2-6-16-15(20)14-10-13(19)11-17-14/h12-14,17,19H,2-11H2,1H3,(H,16,20). The molecule has 0 radical (unpaired) electrons. The van der Waals surface area contributed by atoms with Gasteiger partial charge in [-0.2, -0.15) is 0 Å². The number of likely N-dealkylation sites (tertiary alicyclic amines) is 1. The van der Waals surface area contributed by atoms with Gasteiger partial charge in [0.25, 0.3) is 0 Å². The number of nitrogens with zero attached hydrogens (tertiary/aromatic N) is 1. The van der Waals surface area contributed by atoms with Crippen molar-refractivity contribution in [3.63, 3.8) is 0 Å². The Labute approximate surface area is 122 Å². The molecule has 1 amide bonds. The van der Waals surface area contributed by atoms with E-state index in [1.807, 2.05) is 0 Å². The van der Waals surface area contributed by atoms with Gasteiger partial charge in [0.1, 0.15) is 0 Å². The minimum absolute atomic E-state index is 0.0355. The monoisotopic (exact) mass is 283 g/mol. The molecule has 5 nitrogen and oxygen atoms in total. The summed E-state index contributed by atoms with van der Waals surface area (Å²) in [6.45, 7) is 7.24. The summed E-state index contributed by atoms with van der Waals surface area (Å²) in [5, 5.41) is 15.4. The van der Waals surface area contributed by atoms with Crippen LogP contribution in [0.5, 0.6) is 0 Å². The number of nitrogens with one attached hydrogen (secondary N) is 2. The van der Waals surface area contributed by atoms with Gasteiger partial charge in [0, 0.05) is 13.1 Å². The number of carbonyl (C=O) groups excluding carboxylic acids is 1. The molecule has 5 heteroatoms. The van der Waals surface area contributed by atoms with Crippen LogP contribution in [0.1, 0.15) is 39.0 Å². The highest BCUT2D eigenvalue weighted by Gasteiger charge is 2.27. The van der Waals surface area contributed by atoms with Gasteiger partial charge in [0.05, 0.1) is 12.1 Å². The third-order valence-electron chi connectivity index (χ3n) is 4.50. The molecular formula is C15H29N3O2. The third-order valence-corrected chi connectivity index (χ3v) is 4.50. The molecule has 2 unspecified atom stereocenters. The molecule has 0 aromatic rings. The fourth-order valence-electron chi connectivity index (χ4n) is 3.00. The van der Waals surface area contributed by atoms with E-state index in [1.165, 1.54) is 25.9 Å². The Kier molecular flexibility index (Phi) is 6.26. The first-order chi connectivity index (χ1) is 9.65. The number of carbonyl (C=O) groups is 1. The van der Waals surface area contributed by atoms with Crippen molar-refractivity contribution in [2.24, 2.45) is 5.92 Å². The first-order valence-electron chi connectivity index (χ1n) is 8.06. The largest absolute Gasteiger partial charge is 0.392 e. The number of rotatable bonds is 6. The molecule has 2 atom stereocenters. The molecule has 3 N–H and O–H groups in total. The van der Waals surface area contributed by atoms with Crippen LogP contribution in [0, 0.1) is 5.92 Å². The van der Waals surface area contributed by atoms with Crippen molar-refractivity contribution in [1.82, 2.24) is 15.5 Å². The van der Waals surface area contributed by atoms with Crippen molar-refractivity contribution >= 4 is 5.91 Å². The zero-order chi connectivity index (χ0) is 14.4. The molecule has 2 heterocycles. The van der Waals surface area contributed by atoms with E-state index in [0.29, 0.717) is 13.0 Å². The second-order valence-electron chi connectivity index (χ2n) is 6.37. The number of hydrogen-bond acceptors (Lipinski definition) is 4. The summed E-state index contributed by atoms with van der Waals surface area (Å²) in [6, 6.07) is -0.200. The van der Waals surface area contributed by atoms with Crippen molar-refractivity contribution in [3.05, 3.63) is 0 Å². The van der Waals surface area contributed by atoms with Crippen LogP contribution in [-0.2, 0) is 4.79 Å². The van der Waals surface area contributed by atoms with Crippen LogP contribution in [-0.4, -0.2) is 60.8 Å². The molecule has 116 valence electrons. The van der Waals surface area contributed by atoms with E-state index in [2.05, 4.69) is 22.5 Å². The summed E-state index contributed by atoms with van der Waals surface area (Å²) in [5.41, 5.74) is 0. The number of piperidine rings is 1. The molecule has 2 rings (SSSR count). The Bertz CT molecular complexity index is 303. The van der Waals surface area contributed by atoms with Crippen LogP contribution in [0.3, 0.4) is 0 Å². The summed E-state index contributed by atoms with van der Waals surface area (Å²) in [7, 11) is 0. The summed E-state index contributed by atoms with van der Waals surface area (Å²) >= 11 is 0. The van der Waals surface area contributed by atoms with Gasteiger partial charge in [-0.05, 0) is 57.7 Å². The summed E-state index contributed by atoms with van der Waals surface area (Å²) in [4.78, 5) is 14.3. The van der Waals surface area contributed by atoms with Crippen molar-refractivity contribution in [2.45, 2.75) is 51.2 Å². The number of hydrogen-bond donors (Lipinski definition) is 3. The first-order valence-corrected chi connectivity index (χ1v) is 8.06. The third kappa shape index (κ3) is 5.04. The maximum atomic E-state index is 11.8. The lowest BCUT2D eigenvalue weighted by Gasteiger charge is -2.30. The summed E-state index contributed by atoms with van der Waals surface area (Å²) in [5.74, 6) is 0.924. The van der Waals surface area contributed by atoms with E-state index in [1.54, 1.807) is 0 Å². The Hall–Kier alpha value is -0.650. The summed E-state index contributed by atoms with van der Waals surface area (Å²) < 4.78 is 0. The molecular weight excluding hydrogens is 254 g/mol. The van der Waals surface area contributed by atoms with Gasteiger partial charge in [-0.25, -0.2) is 0 Å². The number of aliphatic hydroxyl groups is 1. The van der Waals surface area contributed by atoms with E-state index < -0.39 is 0 Å². The highest BCUT2D eigenvalue weighted by Crippen LogP contribution is 2.16. The van der Waals surface area contributed by atoms with Gasteiger partial charge >= 0.3 is 0 Å². The maximum Gasteiger partial charge on any atom is 0.237 e. The minimum Gasteiger partial charge on any atom is -0.392 e. The average molecular weight is 283 g/mol. The van der Waals surface area contributed by atoms with Crippen molar-refractivity contribution in [3.8, 4) is 0 Å². The molecule has 2 aliphatic heterocycles. The van der Waals surface area contributed by atoms with Gasteiger partial charge in [-0.15, -0.1) is 0 Å². The normalized spacial score (nSPS) is 28.7. The zero-order valence-corrected chi connectivity index (χ0v) is 12.6. The van der Waals surface area contributed by atoms with Crippen LogP contribution >= 0.6 is 0 Å². The maximum absolute atomic E-state index is 11.8. The first kappa shape index (κ1) is 15.7. The molecule has 0 spiro atoms. The van der Waals surface area contributed by atoms with Gasteiger partial charge < -0.3 is 20.6 Å². The molecule has 0 aromatic heterocycles. The average Bonchev–Trinajstić information content (AvgIpc) is 2.87. The van der Waals surface area contributed by atoms with Gasteiger partial charge in [0.15, 0.2) is 0 Å². The van der Waals surface area contributed by atoms with Crippen LogP contribution < -0.4 is 10.6 Å². The van der Waals surface area contributed by atoms with E-state index in [-0.39, 0.29) is 18.1 Å². The molecule has 0 aromatic carbocycles. The number of unbranched alkanes of at least 4 members (excludes halogenated alkanes) is 1. The van der Waals surface area contributed by atoms with E-state index in [9.17, 15) is 9.90 Å². The second-order valence-corrected chi connectivity index (χ2v) is 6.37. The molecule has 0 aliphatic carbocycles. The van der Waals surface area contributed by atoms with Crippen LogP contribution in [0.4, 0.5) is 0 Å². The number of aliphatic hydroxyl groups excluding tert-OH is 1. The predicted octanol–water partition coefficient (Wildman–Crippen LogP) is 0.338. The minimum atomic E-state index is -0.368. The molecule has 0 saturated carbocycles. The van der Waals surface area contributed by atoms with Crippen molar-refractivity contribution in [1.29, 1.82) is 0 Å². The van der Waals surface area contributed by atoms with Crippen molar-refractivity contribution < 1.29 is 9.90 Å². The molecule has 2 fully saturated rings. The van der Waals surface area contributed by atoms with E-state index >= 15 is 0 Å². The fraction of sp³-hybridized carbons (Fsp3) is 0.933. The van der Waals surface area contributed by atoms with Gasteiger partial charge in [-0.1, -0.05) is 6.92 Å². The fourth-order valence-corrected chi connectivity index (χ4v) is 3.00. The molecule has 2 aliphatic rings.